The van der Waals surface area contributed by atoms with E-state index in [1.807, 2.05) is 6.92 Å². The summed E-state index contributed by atoms with van der Waals surface area (Å²) in [6.07, 6.45) is -0.00638. The number of aliphatic hydroxyl groups excluding tert-OH is 1. The average Bonchev–Trinajstić information content (AvgIpc) is 2.72. The molecule has 0 fully saturated rings. The molecule has 2 aromatic rings. The molecule has 0 aliphatic rings. The molecule has 1 atom stereocenters. The van der Waals surface area contributed by atoms with Crippen LogP contribution in [0.1, 0.15) is 26.1 Å². The van der Waals surface area contributed by atoms with E-state index in [2.05, 4.69) is 9.97 Å². The molecule has 104 valence electrons. The fourth-order valence-corrected chi connectivity index (χ4v) is 2.13. The molecular formula is C12H18N4O3. The molecule has 19 heavy (non-hydrogen) atoms. The average molecular weight is 266 g/mol. The van der Waals surface area contributed by atoms with E-state index in [9.17, 15) is 14.7 Å². The molecule has 0 aromatic carbocycles. The summed E-state index contributed by atoms with van der Waals surface area (Å²) in [6, 6.07) is 0. The lowest BCUT2D eigenvalue weighted by molar-refractivity contribution is 0.172. The SMILES string of the molecule is CCCn1c(=O)c2[nH]c(C)nc2n(CC(C)O)c1=O. The van der Waals surface area contributed by atoms with Crippen LogP contribution in [0.2, 0.25) is 0 Å². The minimum absolute atomic E-state index is 0.115. The first kappa shape index (κ1) is 13.5. The summed E-state index contributed by atoms with van der Waals surface area (Å²) in [7, 11) is 0. The quantitative estimate of drug-likeness (QED) is 0.813. The molecule has 2 N–H and O–H groups in total. The van der Waals surface area contributed by atoms with Gasteiger partial charge in [-0.1, -0.05) is 6.92 Å². The van der Waals surface area contributed by atoms with E-state index in [1.54, 1.807) is 13.8 Å². The maximum Gasteiger partial charge on any atom is 0.332 e. The van der Waals surface area contributed by atoms with Gasteiger partial charge in [0.05, 0.1) is 12.6 Å². The van der Waals surface area contributed by atoms with Crippen molar-refractivity contribution in [2.45, 2.75) is 46.4 Å². The highest BCUT2D eigenvalue weighted by molar-refractivity contribution is 5.69. The third-order valence-electron chi connectivity index (χ3n) is 2.87. The van der Waals surface area contributed by atoms with Crippen LogP contribution in [0.15, 0.2) is 9.59 Å². The van der Waals surface area contributed by atoms with Gasteiger partial charge in [-0.3, -0.25) is 13.9 Å². The third-order valence-corrected chi connectivity index (χ3v) is 2.87. The Balaban J connectivity index is 2.83. The van der Waals surface area contributed by atoms with Crippen molar-refractivity contribution < 1.29 is 5.11 Å². The lowest BCUT2D eigenvalue weighted by Gasteiger charge is -2.11. The number of hydrogen-bond donors (Lipinski definition) is 2. The van der Waals surface area contributed by atoms with Gasteiger partial charge in [-0.05, 0) is 20.3 Å². The van der Waals surface area contributed by atoms with Crippen LogP contribution < -0.4 is 11.2 Å². The summed E-state index contributed by atoms with van der Waals surface area (Å²) in [5.41, 5.74) is -0.164. The number of aryl methyl sites for hydroxylation is 1. The van der Waals surface area contributed by atoms with Crippen LogP contribution in [0.25, 0.3) is 11.2 Å². The second kappa shape index (κ2) is 5.00. The van der Waals surface area contributed by atoms with Crippen molar-refractivity contribution in [3.63, 3.8) is 0 Å². The van der Waals surface area contributed by atoms with Crippen LogP contribution in [0.3, 0.4) is 0 Å². The molecule has 7 heteroatoms. The predicted molar refractivity (Wildman–Crippen MR) is 71.3 cm³/mol. The third kappa shape index (κ3) is 2.33. The zero-order chi connectivity index (χ0) is 14.2. The fraction of sp³-hybridized carbons (Fsp3) is 0.583. The Kier molecular flexibility index (Phi) is 3.57. The number of nitrogens with one attached hydrogen (secondary N) is 1. The van der Waals surface area contributed by atoms with Gasteiger partial charge in [-0.15, -0.1) is 0 Å². The lowest BCUT2D eigenvalue weighted by Crippen LogP contribution is -2.41. The van der Waals surface area contributed by atoms with E-state index >= 15 is 0 Å². The van der Waals surface area contributed by atoms with Crippen molar-refractivity contribution in [1.82, 2.24) is 19.1 Å². The number of rotatable bonds is 4. The van der Waals surface area contributed by atoms with Crippen LogP contribution in [0.4, 0.5) is 0 Å². The number of hydrogen-bond acceptors (Lipinski definition) is 4. The Bertz CT molecular complexity index is 708. The number of aliphatic hydroxyl groups is 1. The Morgan fingerprint density at radius 3 is 2.63 bits per heavy atom. The van der Waals surface area contributed by atoms with E-state index in [0.717, 1.165) is 0 Å². The largest absolute Gasteiger partial charge is 0.392 e. The summed E-state index contributed by atoms with van der Waals surface area (Å²) in [6.45, 7) is 5.68. The molecule has 0 saturated heterocycles. The normalized spacial score (nSPS) is 13.1. The minimum Gasteiger partial charge on any atom is -0.392 e. The van der Waals surface area contributed by atoms with Crippen molar-refractivity contribution in [2.24, 2.45) is 0 Å². The van der Waals surface area contributed by atoms with Crippen LogP contribution >= 0.6 is 0 Å². The van der Waals surface area contributed by atoms with Crippen molar-refractivity contribution in [2.75, 3.05) is 0 Å². The molecule has 0 bridgehead atoms. The molecule has 0 amide bonds. The van der Waals surface area contributed by atoms with Gasteiger partial charge < -0.3 is 10.1 Å². The van der Waals surface area contributed by atoms with E-state index in [-0.39, 0.29) is 12.1 Å². The molecule has 0 radical (unpaired) electrons. The lowest BCUT2D eigenvalue weighted by atomic mass is 10.4. The number of imidazole rings is 1. The second-order valence-corrected chi connectivity index (χ2v) is 4.72. The molecule has 0 saturated carbocycles. The molecule has 2 heterocycles. The smallest absolute Gasteiger partial charge is 0.332 e. The number of aromatic amines is 1. The molecule has 2 rings (SSSR count). The second-order valence-electron chi connectivity index (χ2n) is 4.72. The maximum absolute atomic E-state index is 12.3. The number of fused-ring (bicyclic) bond motifs is 1. The molecule has 0 aliphatic heterocycles. The van der Waals surface area contributed by atoms with Gasteiger partial charge >= 0.3 is 5.69 Å². The van der Waals surface area contributed by atoms with Gasteiger partial charge in [0.25, 0.3) is 5.56 Å². The zero-order valence-electron chi connectivity index (χ0n) is 11.3. The highest BCUT2D eigenvalue weighted by atomic mass is 16.3. The van der Waals surface area contributed by atoms with Crippen molar-refractivity contribution >= 4 is 11.2 Å². The summed E-state index contributed by atoms with van der Waals surface area (Å²) in [5.74, 6) is 0.570. The van der Waals surface area contributed by atoms with E-state index in [1.165, 1.54) is 9.13 Å². The Hall–Kier alpha value is -1.89. The van der Waals surface area contributed by atoms with E-state index in [0.29, 0.717) is 30.0 Å². The van der Waals surface area contributed by atoms with Gasteiger partial charge in [-0.2, -0.15) is 0 Å². The first-order chi connectivity index (χ1) is 8.95. The number of H-pyrrole nitrogens is 1. The van der Waals surface area contributed by atoms with Crippen molar-refractivity contribution in [3.05, 3.63) is 26.7 Å². The van der Waals surface area contributed by atoms with Crippen LogP contribution in [0.5, 0.6) is 0 Å². The monoisotopic (exact) mass is 266 g/mol. The number of aromatic nitrogens is 4. The van der Waals surface area contributed by atoms with Gasteiger partial charge in [0, 0.05) is 6.54 Å². The standard InChI is InChI=1S/C12H18N4O3/c1-4-5-15-11(18)9-10(14-8(3)13-9)16(12(15)19)6-7(2)17/h7,17H,4-6H2,1-3H3,(H,13,14). The molecule has 2 aromatic heterocycles. The first-order valence-corrected chi connectivity index (χ1v) is 6.33. The fourth-order valence-electron chi connectivity index (χ4n) is 2.13. The van der Waals surface area contributed by atoms with Crippen molar-refractivity contribution in [1.29, 1.82) is 0 Å². The zero-order valence-corrected chi connectivity index (χ0v) is 11.3. The van der Waals surface area contributed by atoms with Crippen LogP contribution in [-0.2, 0) is 13.1 Å². The van der Waals surface area contributed by atoms with Crippen LogP contribution in [-0.4, -0.2) is 30.3 Å². The number of nitrogens with zero attached hydrogens (tertiary/aromatic N) is 3. The maximum atomic E-state index is 12.3. The van der Waals surface area contributed by atoms with Gasteiger partial charge in [0.1, 0.15) is 11.3 Å². The molecule has 0 aliphatic carbocycles. The first-order valence-electron chi connectivity index (χ1n) is 6.33. The minimum atomic E-state index is -0.689. The highest BCUT2D eigenvalue weighted by Crippen LogP contribution is 2.05. The van der Waals surface area contributed by atoms with Gasteiger partial charge in [0.15, 0.2) is 5.65 Å². The summed E-state index contributed by atoms with van der Waals surface area (Å²) >= 11 is 0. The Labute approximate surface area is 109 Å². The van der Waals surface area contributed by atoms with Crippen molar-refractivity contribution in [3.8, 4) is 0 Å². The predicted octanol–water partition coefficient (Wildman–Crippen LogP) is -0.0145. The molecule has 1 unspecified atom stereocenters. The van der Waals surface area contributed by atoms with E-state index < -0.39 is 11.8 Å². The summed E-state index contributed by atoms with van der Waals surface area (Å²) < 4.78 is 2.53. The topological polar surface area (TPSA) is 92.9 Å². The Morgan fingerprint density at radius 1 is 1.37 bits per heavy atom. The highest BCUT2D eigenvalue weighted by Gasteiger charge is 2.16. The molecular weight excluding hydrogens is 248 g/mol. The van der Waals surface area contributed by atoms with Gasteiger partial charge in [-0.25, -0.2) is 9.78 Å². The van der Waals surface area contributed by atoms with E-state index in [4.69, 9.17) is 0 Å². The molecule has 7 nitrogen and oxygen atoms in total. The summed E-state index contributed by atoms with van der Waals surface area (Å²) in [4.78, 5) is 31.6. The Morgan fingerprint density at radius 2 is 2.05 bits per heavy atom. The summed E-state index contributed by atoms with van der Waals surface area (Å²) in [5, 5.41) is 9.50. The van der Waals surface area contributed by atoms with Gasteiger partial charge in [0.2, 0.25) is 0 Å². The van der Waals surface area contributed by atoms with Crippen LogP contribution in [0, 0.1) is 6.92 Å². The molecule has 0 spiro atoms.